The Hall–Kier alpha value is -2.57. The molecule has 0 saturated carbocycles. The summed E-state index contributed by atoms with van der Waals surface area (Å²) in [5.41, 5.74) is 1.13. The van der Waals surface area contributed by atoms with Gasteiger partial charge in [0, 0.05) is 13.1 Å². The van der Waals surface area contributed by atoms with Gasteiger partial charge in [0.25, 0.3) is 0 Å². The molecule has 2 amide bonds. The maximum atomic E-state index is 12.4. The van der Waals surface area contributed by atoms with E-state index >= 15 is 0 Å². The van der Waals surface area contributed by atoms with Gasteiger partial charge in [-0.3, -0.25) is 14.4 Å². The lowest BCUT2D eigenvalue weighted by Crippen LogP contribution is -2.58. The third kappa shape index (κ3) is 4.71. The molecule has 0 aromatic heterocycles. The summed E-state index contributed by atoms with van der Waals surface area (Å²) in [5, 5.41) is 2.66. The molecule has 1 fully saturated rings. The molecule has 0 spiro atoms. The molecule has 0 radical (unpaired) electrons. The largest absolute Gasteiger partial charge is 0.493 e. The molecule has 0 aliphatic carbocycles. The Labute approximate surface area is 140 Å². The van der Waals surface area contributed by atoms with Gasteiger partial charge in [-0.15, -0.1) is 0 Å². The van der Waals surface area contributed by atoms with E-state index in [4.69, 9.17) is 4.74 Å². The first-order valence-corrected chi connectivity index (χ1v) is 7.84. The van der Waals surface area contributed by atoms with Crippen molar-refractivity contribution in [1.29, 1.82) is 0 Å². The molecule has 1 heterocycles. The average molecular weight is 334 g/mol. The summed E-state index contributed by atoms with van der Waals surface area (Å²) in [5.74, 6) is -0.382. The van der Waals surface area contributed by atoms with E-state index in [9.17, 15) is 14.4 Å². The quantitative estimate of drug-likeness (QED) is 0.772. The zero-order valence-electron chi connectivity index (χ0n) is 13.9. The second-order valence-electron chi connectivity index (χ2n) is 5.59. The van der Waals surface area contributed by atoms with Crippen LogP contribution in [0.2, 0.25) is 0 Å². The predicted molar refractivity (Wildman–Crippen MR) is 86.4 cm³/mol. The first kappa shape index (κ1) is 17.8. The number of benzene rings is 1. The number of piperazine rings is 1. The van der Waals surface area contributed by atoms with Gasteiger partial charge >= 0.3 is 5.97 Å². The van der Waals surface area contributed by atoms with Gasteiger partial charge in [0.1, 0.15) is 11.8 Å². The van der Waals surface area contributed by atoms with E-state index in [0.29, 0.717) is 18.8 Å². The SMILES string of the molecule is COC(=O)CC1C(=O)NCCN1C(=O)CCOc1ccc(C)cc1. The van der Waals surface area contributed by atoms with Crippen molar-refractivity contribution in [3.05, 3.63) is 29.8 Å². The zero-order chi connectivity index (χ0) is 17.5. The summed E-state index contributed by atoms with van der Waals surface area (Å²) in [7, 11) is 1.25. The van der Waals surface area contributed by atoms with E-state index in [1.54, 1.807) is 0 Å². The van der Waals surface area contributed by atoms with E-state index in [1.807, 2.05) is 31.2 Å². The molecule has 1 saturated heterocycles. The number of methoxy groups -OCH3 is 1. The van der Waals surface area contributed by atoms with Crippen LogP contribution in [0, 0.1) is 6.92 Å². The van der Waals surface area contributed by atoms with Crippen LogP contribution in [-0.2, 0) is 19.1 Å². The Morgan fingerprint density at radius 2 is 2.00 bits per heavy atom. The number of amides is 2. The first-order chi connectivity index (χ1) is 11.5. The van der Waals surface area contributed by atoms with Crippen LogP contribution >= 0.6 is 0 Å². The molecule has 0 bridgehead atoms. The third-order valence-corrected chi connectivity index (χ3v) is 3.84. The van der Waals surface area contributed by atoms with Crippen LogP contribution in [0.1, 0.15) is 18.4 Å². The van der Waals surface area contributed by atoms with Crippen molar-refractivity contribution < 1.29 is 23.9 Å². The minimum atomic E-state index is -0.821. The van der Waals surface area contributed by atoms with Gasteiger partial charge in [0.2, 0.25) is 11.8 Å². The molecule has 7 nitrogen and oxygen atoms in total. The summed E-state index contributed by atoms with van der Waals surface area (Å²) in [6, 6.07) is 6.72. The van der Waals surface area contributed by atoms with Crippen LogP contribution in [0.5, 0.6) is 5.75 Å². The highest BCUT2D eigenvalue weighted by Crippen LogP contribution is 2.14. The average Bonchev–Trinajstić information content (AvgIpc) is 2.58. The van der Waals surface area contributed by atoms with Crippen LogP contribution in [0.4, 0.5) is 0 Å². The van der Waals surface area contributed by atoms with Gasteiger partial charge in [-0.25, -0.2) is 0 Å². The van der Waals surface area contributed by atoms with Gasteiger partial charge in [0.15, 0.2) is 0 Å². The predicted octanol–water partition coefficient (Wildman–Crippen LogP) is 0.654. The van der Waals surface area contributed by atoms with E-state index < -0.39 is 12.0 Å². The number of hydrogen-bond donors (Lipinski definition) is 1. The molecule has 1 aliphatic rings. The molecule has 130 valence electrons. The number of esters is 1. The van der Waals surface area contributed by atoms with Crippen LogP contribution in [0.15, 0.2) is 24.3 Å². The number of nitrogens with zero attached hydrogens (tertiary/aromatic N) is 1. The Balaban J connectivity index is 1.89. The smallest absolute Gasteiger partial charge is 0.308 e. The van der Waals surface area contributed by atoms with Crippen molar-refractivity contribution in [2.75, 3.05) is 26.8 Å². The number of aryl methyl sites for hydroxylation is 1. The number of carbonyl (C=O) groups is 3. The fraction of sp³-hybridized carbons (Fsp3) is 0.471. The molecule has 1 aliphatic heterocycles. The lowest BCUT2D eigenvalue weighted by atomic mass is 10.1. The van der Waals surface area contributed by atoms with Crippen molar-refractivity contribution in [2.24, 2.45) is 0 Å². The van der Waals surface area contributed by atoms with E-state index in [2.05, 4.69) is 10.1 Å². The minimum Gasteiger partial charge on any atom is -0.493 e. The lowest BCUT2D eigenvalue weighted by molar-refractivity contribution is -0.150. The molecule has 1 atom stereocenters. The summed E-state index contributed by atoms with van der Waals surface area (Å²) < 4.78 is 10.1. The highest BCUT2D eigenvalue weighted by Gasteiger charge is 2.34. The number of ether oxygens (including phenoxy) is 2. The molecule has 1 aromatic rings. The maximum absolute atomic E-state index is 12.4. The van der Waals surface area contributed by atoms with Crippen LogP contribution in [0.25, 0.3) is 0 Å². The second kappa shape index (κ2) is 8.33. The van der Waals surface area contributed by atoms with E-state index in [0.717, 1.165) is 5.56 Å². The van der Waals surface area contributed by atoms with Crippen LogP contribution in [-0.4, -0.2) is 55.5 Å². The standard InChI is InChI=1S/C17H22N2O5/c1-12-3-5-13(6-4-12)24-10-7-15(20)19-9-8-18-17(22)14(19)11-16(21)23-2/h3-6,14H,7-11H2,1-2H3,(H,18,22). The molecular weight excluding hydrogens is 312 g/mol. The molecule has 24 heavy (non-hydrogen) atoms. The Kier molecular flexibility index (Phi) is 6.17. The summed E-state index contributed by atoms with van der Waals surface area (Å²) in [4.78, 5) is 37.2. The number of rotatable bonds is 6. The van der Waals surface area contributed by atoms with Crippen LogP contribution < -0.4 is 10.1 Å². The van der Waals surface area contributed by atoms with Crippen molar-refractivity contribution in [3.63, 3.8) is 0 Å². The Bertz CT molecular complexity index is 600. The maximum Gasteiger partial charge on any atom is 0.308 e. The van der Waals surface area contributed by atoms with Crippen molar-refractivity contribution in [1.82, 2.24) is 10.2 Å². The molecule has 2 rings (SSSR count). The zero-order valence-corrected chi connectivity index (χ0v) is 13.9. The molecule has 1 aromatic carbocycles. The van der Waals surface area contributed by atoms with Crippen molar-refractivity contribution >= 4 is 17.8 Å². The summed E-state index contributed by atoms with van der Waals surface area (Å²) >= 11 is 0. The summed E-state index contributed by atoms with van der Waals surface area (Å²) in [6.45, 7) is 2.94. The fourth-order valence-corrected chi connectivity index (χ4v) is 2.49. The van der Waals surface area contributed by atoms with E-state index in [1.165, 1.54) is 12.0 Å². The van der Waals surface area contributed by atoms with Crippen LogP contribution in [0.3, 0.4) is 0 Å². The highest BCUT2D eigenvalue weighted by atomic mass is 16.5. The van der Waals surface area contributed by atoms with Gasteiger partial charge in [-0.05, 0) is 19.1 Å². The van der Waals surface area contributed by atoms with Gasteiger partial charge in [0.05, 0.1) is 26.6 Å². The minimum absolute atomic E-state index is 0.138. The normalized spacial score (nSPS) is 17.2. The topological polar surface area (TPSA) is 84.9 Å². The number of carbonyl (C=O) groups excluding carboxylic acids is 3. The molecule has 1 N–H and O–H groups in total. The molecule has 7 heteroatoms. The van der Waals surface area contributed by atoms with Crippen molar-refractivity contribution in [2.45, 2.75) is 25.8 Å². The van der Waals surface area contributed by atoms with Gasteiger partial charge in [-0.2, -0.15) is 0 Å². The highest BCUT2D eigenvalue weighted by molar-refractivity contribution is 5.91. The summed E-state index contributed by atoms with van der Waals surface area (Å²) in [6.07, 6.45) is -0.00821. The Morgan fingerprint density at radius 3 is 2.67 bits per heavy atom. The number of hydrogen-bond acceptors (Lipinski definition) is 5. The third-order valence-electron chi connectivity index (χ3n) is 3.84. The fourth-order valence-electron chi connectivity index (χ4n) is 2.49. The molecule has 1 unspecified atom stereocenters. The monoisotopic (exact) mass is 334 g/mol. The van der Waals surface area contributed by atoms with Crippen molar-refractivity contribution in [3.8, 4) is 5.75 Å². The van der Waals surface area contributed by atoms with Gasteiger partial charge in [-0.1, -0.05) is 17.7 Å². The second-order valence-corrected chi connectivity index (χ2v) is 5.59. The lowest BCUT2D eigenvalue weighted by Gasteiger charge is -2.34. The Morgan fingerprint density at radius 1 is 1.29 bits per heavy atom. The number of nitrogens with one attached hydrogen (secondary N) is 1. The van der Waals surface area contributed by atoms with Gasteiger partial charge < -0.3 is 19.7 Å². The first-order valence-electron chi connectivity index (χ1n) is 7.84. The van der Waals surface area contributed by atoms with E-state index in [-0.39, 0.29) is 31.3 Å². The molecular formula is C17H22N2O5.